The molecule has 4 heterocycles. The molecule has 0 saturated carbocycles. The van der Waals surface area contributed by atoms with Crippen LogP contribution in [0.25, 0.3) is 4.96 Å². The Hall–Kier alpha value is -1.71. The van der Waals surface area contributed by atoms with Crippen molar-refractivity contribution in [2.45, 2.75) is 25.4 Å². The summed E-state index contributed by atoms with van der Waals surface area (Å²) in [5, 5.41) is 13.2. The first-order valence-corrected chi connectivity index (χ1v) is 9.14. The molecule has 130 valence electrons. The summed E-state index contributed by atoms with van der Waals surface area (Å²) in [6, 6.07) is 0. The number of piperidine rings is 1. The molecule has 2 saturated heterocycles. The number of nitro groups is 1. The number of fused-ring (bicyclic) bond motifs is 1. The minimum Gasteiger partial charge on any atom is -0.381 e. The smallest absolute Gasteiger partial charge is 0.373 e. The van der Waals surface area contributed by atoms with Gasteiger partial charge in [-0.25, -0.2) is 0 Å². The van der Waals surface area contributed by atoms with E-state index < -0.39 is 0 Å². The van der Waals surface area contributed by atoms with E-state index >= 15 is 0 Å². The lowest BCUT2D eigenvalue weighted by atomic mass is 10.1. The van der Waals surface area contributed by atoms with Crippen molar-refractivity contribution in [1.82, 2.24) is 9.38 Å². The monoisotopic (exact) mass is 352 g/mol. The van der Waals surface area contributed by atoms with Crippen LogP contribution in [0.1, 0.15) is 19.3 Å². The number of rotatable bonds is 5. The minimum absolute atomic E-state index is 0.0636. The summed E-state index contributed by atoms with van der Waals surface area (Å²) in [5.74, 6) is 1.06. The molecule has 2 aromatic heterocycles. The first-order chi connectivity index (χ1) is 11.7. The van der Waals surface area contributed by atoms with E-state index in [0.717, 1.165) is 52.2 Å². The molecule has 0 amide bonds. The van der Waals surface area contributed by atoms with Crippen molar-refractivity contribution in [3.8, 4) is 0 Å². The highest BCUT2D eigenvalue weighted by Gasteiger charge is 2.31. The molecule has 0 aromatic carbocycles. The summed E-state index contributed by atoms with van der Waals surface area (Å²) in [6.45, 7) is 3.87. The van der Waals surface area contributed by atoms with Crippen molar-refractivity contribution in [2.24, 2.45) is 5.92 Å². The Morgan fingerprint density at radius 3 is 2.96 bits per heavy atom. The van der Waals surface area contributed by atoms with Crippen molar-refractivity contribution < 1.29 is 14.4 Å². The molecule has 1 atom stereocenters. The number of aromatic nitrogens is 2. The van der Waals surface area contributed by atoms with Crippen LogP contribution in [0.15, 0.2) is 11.6 Å². The highest BCUT2D eigenvalue weighted by molar-refractivity contribution is 7.15. The first-order valence-electron chi connectivity index (χ1n) is 8.26. The summed E-state index contributed by atoms with van der Waals surface area (Å²) >= 11 is 1.41. The molecule has 1 unspecified atom stereocenters. The Balaban J connectivity index is 1.39. The molecule has 0 N–H and O–H groups in total. The fraction of sp³-hybridized carbons (Fsp3) is 0.667. The van der Waals surface area contributed by atoms with Crippen molar-refractivity contribution in [3.05, 3.63) is 21.7 Å². The average molecular weight is 352 g/mol. The van der Waals surface area contributed by atoms with E-state index in [-0.39, 0.29) is 16.8 Å². The van der Waals surface area contributed by atoms with Crippen molar-refractivity contribution in [2.75, 3.05) is 37.8 Å². The Morgan fingerprint density at radius 1 is 1.42 bits per heavy atom. The molecule has 2 fully saturated rings. The van der Waals surface area contributed by atoms with Gasteiger partial charge in [0.25, 0.3) is 4.96 Å². The van der Waals surface area contributed by atoms with Crippen LogP contribution in [0, 0.1) is 16.0 Å². The van der Waals surface area contributed by atoms with Crippen LogP contribution >= 0.6 is 11.3 Å². The molecule has 4 rings (SSSR count). The Morgan fingerprint density at radius 2 is 2.25 bits per heavy atom. The van der Waals surface area contributed by atoms with Gasteiger partial charge in [0.1, 0.15) is 6.20 Å². The number of imidazole rings is 1. The largest absolute Gasteiger partial charge is 0.381 e. The van der Waals surface area contributed by atoms with E-state index in [4.69, 9.17) is 9.47 Å². The molecule has 0 bridgehead atoms. The number of ether oxygens (including phenoxy) is 2. The highest BCUT2D eigenvalue weighted by Crippen LogP contribution is 2.33. The minimum atomic E-state index is -0.343. The number of hydrogen-bond donors (Lipinski definition) is 0. The lowest BCUT2D eigenvalue weighted by Crippen LogP contribution is -2.38. The normalized spacial score (nSPS) is 22.5. The molecule has 2 aromatic rings. The van der Waals surface area contributed by atoms with E-state index in [1.165, 1.54) is 11.3 Å². The molecule has 24 heavy (non-hydrogen) atoms. The van der Waals surface area contributed by atoms with Gasteiger partial charge in [0.15, 0.2) is 0 Å². The number of anilines is 1. The zero-order chi connectivity index (χ0) is 16.5. The van der Waals surface area contributed by atoms with Gasteiger partial charge in [0.2, 0.25) is 5.82 Å². The molecule has 8 nitrogen and oxygen atoms in total. The lowest BCUT2D eigenvalue weighted by Gasteiger charge is -2.32. The number of nitrogens with zero attached hydrogens (tertiary/aromatic N) is 4. The second-order valence-electron chi connectivity index (χ2n) is 6.32. The molecule has 2 aliphatic heterocycles. The summed E-state index contributed by atoms with van der Waals surface area (Å²) in [5.41, 5.74) is 0. The first kappa shape index (κ1) is 15.8. The SMILES string of the molecule is O=[N+]([O-])c1c(N2CCC(OCC3CCOC3)CC2)nc2sccn12. The maximum Gasteiger partial charge on any atom is 0.373 e. The molecule has 9 heteroatoms. The fourth-order valence-electron chi connectivity index (χ4n) is 3.37. The Bertz CT molecular complexity index is 716. The zero-order valence-corrected chi connectivity index (χ0v) is 14.1. The average Bonchev–Trinajstić information content (AvgIpc) is 3.29. The highest BCUT2D eigenvalue weighted by atomic mass is 32.1. The molecule has 0 aliphatic carbocycles. The zero-order valence-electron chi connectivity index (χ0n) is 13.3. The van der Waals surface area contributed by atoms with Crippen LogP contribution in [-0.2, 0) is 9.47 Å². The van der Waals surface area contributed by atoms with Gasteiger partial charge < -0.3 is 24.5 Å². The van der Waals surface area contributed by atoms with Gasteiger partial charge in [-0.1, -0.05) is 11.3 Å². The van der Waals surface area contributed by atoms with E-state index in [9.17, 15) is 10.1 Å². The van der Waals surface area contributed by atoms with Crippen LogP contribution in [0.4, 0.5) is 11.6 Å². The van der Waals surface area contributed by atoms with Gasteiger partial charge in [-0.2, -0.15) is 9.38 Å². The third-order valence-electron chi connectivity index (χ3n) is 4.73. The predicted molar refractivity (Wildman–Crippen MR) is 89.8 cm³/mol. The molecule has 0 spiro atoms. The van der Waals surface area contributed by atoms with Crippen LogP contribution in [0.3, 0.4) is 0 Å². The maximum absolute atomic E-state index is 11.4. The number of hydrogen-bond acceptors (Lipinski definition) is 7. The van der Waals surface area contributed by atoms with Gasteiger partial charge >= 0.3 is 5.82 Å². The van der Waals surface area contributed by atoms with Crippen molar-refractivity contribution in [1.29, 1.82) is 0 Å². The Kier molecular flexibility index (Phi) is 4.38. The van der Waals surface area contributed by atoms with Crippen LogP contribution < -0.4 is 4.90 Å². The summed E-state index contributed by atoms with van der Waals surface area (Å²) < 4.78 is 12.9. The van der Waals surface area contributed by atoms with Crippen LogP contribution in [0.2, 0.25) is 0 Å². The maximum atomic E-state index is 11.4. The van der Waals surface area contributed by atoms with Gasteiger partial charge in [-0.15, -0.1) is 0 Å². The summed E-state index contributed by atoms with van der Waals surface area (Å²) in [7, 11) is 0. The van der Waals surface area contributed by atoms with Gasteiger partial charge in [0.05, 0.1) is 19.3 Å². The number of thiazole rings is 1. The Labute approximate surface area is 143 Å². The fourth-order valence-corrected chi connectivity index (χ4v) is 4.07. The van der Waals surface area contributed by atoms with Crippen molar-refractivity contribution in [3.63, 3.8) is 0 Å². The summed E-state index contributed by atoms with van der Waals surface area (Å²) in [4.78, 5) is 18.2. The predicted octanol–water partition coefficient (Wildman–Crippen LogP) is 2.33. The molecular formula is C15H20N4O4S. The standard InChI is InChI=1S/C15H20N4O4S/c20-19(21)14-13(16-15-18(14)6-8-24-15)17-4-1-12(2-5-17)23-10-11-3-7-22-9-11/h6,8,11-12H,1-5,7,9-10H2. The van der Waals surface area contributed by atoms with Gasteiger partial charge in [-0.05, 0) is 24.2 Å². The second-order valence-corrected chi connectivity index (χ2v) is 7.19. The van der Waals surface area contributed by atoms with Crippen LogP contribution in [-0.4, -0.2) is 53.3 Å². The van der Waals surface area contributed by atoms with Crippen molar-refractivity contribution >= 4 is 27.9 Å². The van der Waals surface area contributed by atoms with Crippen LogP contribution in [0.5, 0.6) is 0 Å². The van der Waals surface area contributed by atoms with E-state index in [0.29, 0.717) is 16.7 Å². The third kappa shape index (κ3) is 2.99. The molecule has 2 aliphatic rings. The molecular weight excluding hydrogens is 332 g/mol. The third-order valence-corrected chi connectivity index (χ3v) is 5.48. The summed E-state index contributed by atoms with van der Waals surface area (Å²) in [6.07, 6.45) is 4.75. The second kappa shape index (κ2) is 6.66. The van der Waals surface area contributed by atoms with Gasteiger partial charge in [-0.3, -0.25) is 0 Å². The molecule has 0 radical (unpaired) electrons. The van der Waals surface area contributed by atoms with E-state index in [1.807, 2.05) is 10.3 Å². The topological polar surface area (TPSA) is 82.1 Å². The van der Waals surface area contributed by atoms with E-state index in [2.05, 4.69) is 4.98 Å². The van der Waals surface area contributed by atoms with E-state index in [1.54, 1.807) is 10.6 Å². The quantitative estimate of drug-likeness (QED) is 0.607. The lowest BCUT2D eigenvalue weighted by molar-refractivity contribution is -0.389. The van der Waals surface area contributed by atoms with Gasteiger partial charge in [0, 0.05) is 31.0 Å².